The molecule has 10 heteroatoms. The summed E-state index contributed by atoms with van der Waals surface area (Å²) in [7, 11) is 0. The number of ether oxygens (including phenoxy) is 2. The van der Waals surface area contributed by atoms with E-state index >= 15 is 0 Å². The lowest BCUT2D eigenvalue weighted by atomic mass is 10.1. The Labute approximate surface area is 213 Å². The largest absolute Gasteiger partial charge is 0.444 e. The number of hydrogen-bond donors (Lipinski definition) is 2. The zero-order valence-corrected chi connectivity index (χ0v) is 21.6. The van der Waals surface area contributed by atoms with Gasteiger partial charge >= 0.3 is 6.09 Å². The summed E-state index contributed by atoms with van der Waals surface area (Å²) in [5, 5.41) is 6.41. The maximum Gasteiger partial charge on any atom is 0.408 e. The average Bonchev–Trinajstić information content (AvgIpc) is 3.44. The fraction of sp³-hybridized carbons (Fsp3) is 0.480. The number of alkyl carbamates (subject to hydrolysis) is 1. The van der Waals surface area contributed by atoms with Crippen molar-refractivity contribution in [3.05, 3.63) is 62.5 Å². The van der Waals surface area contributed by atoms with E-state index in [0.717, 1.165) is 12.0 Å². The SMILES string of the molecule is CC(C)(C)OC(=O)N[C@H]1CSc2c(C(=O)NCC3CCOC3)cn(Cc3ccc(Cl)cc3)c(=O)c21. The molecular weight excluding hydrogens is 490 g/mol. The fourth-order valence-corrected chi connectivity index (χ4v) is 5.48. The van der Waals surface area contributed by atoms with Crippen molar-refractivity contribution in [1.82, 2.24) is 15.2 Å². The van der Waals surface area contributed by atoms with Crippen molar-refractivity contribution in [3.8, 4) is 0 Å². The van der Waals surface area contributed by atoms with Crippen LogP contribution in [0.4, 0.5) is 4.79 Å². The average molecular weight is 520 g/mol. The Kier molecular flexibility index (Phi) is 7.78. The highest BCUT2D eigenvalue weighted by Gasteiger charge is 2.34. The second kappa shape index (κ2) is 10.6. The molecule has 3 heterocycles. The summed E-state index contributed by atoms with van der Waals surface area (Å²) in [6.45, 7) is 7.45. The first-order valence-corrected chi connectivity index (χ1v) is 13.0. The molecule has 1 saturated heterocycles. The highest BCUT2D eigenvalue weighted by molar-refractivity contribution is 7.99. The minimum Gasteiger partial charge on any atom is -0.444 e. The number of pyridine rings is 1. The first-order chi connectivity index (χ1) is 16.6. The van der Waals surface area contributed by atoms with Crippen molar-refractivity contribution < 1.29 is 19.1 Å². The van der Waals surface area contributed by atoms with E-state index in [1.54, 1.807) is 39.1 Å². The van der Waals surface area contributed by atoms with E-state index in [-0.39, 0.29) is 23.9 Å². The predicted molar refractivity (Wildman–Crippen MR) is 135 cm³/mol. The lowest BCUT2D eigenvalue weighted by Crippen LogP contribution is -2.38. The van der Waals surface area contributed by atoms with Gasteiger partial charge in [0.25, 0.3) is 11.5 Å². The Morgan fingerprint density at radius 2 is 2.00 bits per heavy atom. The zero-order chi connectivity index (χ0) is 25.2. The van der Waals surface area contributed by atoms with Gasteiger partial charge in [-0.25, -0.2) is 4.79 Å². The van der Waals surface area contributed by atoms with E-state index in [9.17, 15) is 14.4 Å². The van der Waals surface area contributed by atoms with Gasteiger partial charge < -0.3 is 24.7 Å². The van der Waals surface area contributed by atoms with Gasteiger partial charge in [-0.15, -0.1) is 11.8 Å². The Morgan fingerprint density at radius 1 is 1.26 bits per heavy atom. The Bertz CT molecular complexity index is 1150. The molecule has 0 aliphatic carbocycles. The number of carbonyl (C=O) groups is 2. The standard InChI is InChI=1S/C25H30ClN3O5S/c1-25(2,3)34-24(32)28-19-14-35-21-18(22(30)27-10-16-8-9-33-13-16)12-29(23(31)20(19)21)11-15-4-6-17(26)7-5-15/h4-7,12,16,19H,8-11,13-14H2,1-3H3,(H,27,30)(H,28,32)/t16?,19-/m0/s1. The van der Waals surface area contributed by atoms with Crippen LogP contribution < -0.4 is 16.2 Å². The molecular formula is C25H30ClN3O5S. The number of carbonyl (C=O) groups excluding carboxylic acids is 2. The van der Waals surface area contributed by atoms with Crippen molar-refractivity contribution in [3.63, 3.8) is 0 Å². The lowest BCUT2D eigenvalue weighted by molar-refractivity contribution is 0.0508. The fourth-order valence-electron chi connectivity index (χ4n) is 4.09. The molecule has 2 amide bonds. The van der Waals surface area contributed by atoms with Crippen LogP contribution in [0.25, 0.3) is 0 Å². The van der Waals surface area contributed by atoms with E-state index in [1.807, 2.05) is 12.1 Å². The van der Waals surface area contributed by atoms with Crippen molar-refractivity contribution >= 4 is 35.4 Å². The maximum atomic E-state index is 13.5. The molecule has 2 aliphatic rings. The summed E-state index contributed by atoms with van der Waals surface area (Å²) < 4.78 is 12.3. The van der Waals surface area contributed by atoms with Gasteiger partial charge in [-0.3, -0.25) is 9.59 Å². The van der Waals surface area contributed by atoms with Crippen molar-refractivity contribution in [2.45, 2.75) is 50.3 Å². The van der Waals surface area contributed by atoms with Crippen LogP contribution >= 0.6 is 23.4 Å². The quantitative estimate of drug-likeness (QED) is 0.599. The number of hydrogen-bond acceptors (Lipinski definition) is 6. The maximum absolute atomic E-state index is 13.5. The molecule has 4 rings (SSSR count). The minimum atomic E-state index is -0.668. The lowest BCUT2D eigenvalue weighted by Gasteiger charge is -2.22. The molecule has 8 nitrogen and oxygen atoms in total. The third kappa shape index (κ3) is 6.39. The molecule has 1 aromatic carbocycles. The van der Waals surface area contributed by atoms with Crippen LogP contribution in [0.3, 0.4) is 0 Å². The molecule has 0 radical (unpaired) electrons. The molecule has 0 bridgehead atoms. The Balaban J connectivity index is 1.65. The third-order valence-corrected chi connectivity index (χ3v) is 7.27. The summed E-state index contributed by atoms with van der Waals surface area (Å²) in [6.07, 6.45) is 1.92. The molecule has 0 spiro atoms. The summed E-state index contributed by atoms with van der Waals surface area (Å²) in [6, 6.07) is 6.63. The van der Waals surface area contributed by atoms with E-state index in [4.69, 9.17) is 21.1 Å². The third-order valence-electron chi connectivity index (χ3n) is 5.79. The number of amides is 2. The summed E-state index contributed by atoms with van der Waals surface area (Å²) in [5.41, 5.74) is 0.784. The van der Waals surface area contributed by atoms with Crippen molar-refractivity contribution in [2.75, 3.05) is 25.5 Å². The van der Waals surface area contributed by atoms with Gasteiger partial charge in [0.15, 0.2) is 0 Å². The molecule has 1 aromatic heterocycles. The minimum absolute atomic E-state index is 0.247. The van der Waals surface area contributed by atoms with E-state index < -0.39 is 17.7 Å². The van der Waals surface area contributed by atoms with Crippen LogP contribution in [0, 0.1) is 5.92 Å². The van der Waals surface area contributed by atoms with Gasteiger partial charge in [-0.05, 0) is 44.9 Å². The Morgan fingerprint density at radius 3 is 2.66 bits per heavy atom. The van der Waals surface area contributed by atoms with Crippen LogP contribution in [0.5, 0.6) is 0 Å². The van der Waals surface area contributed by atoms with Crippen LogP contribution in [0.2, 0.25) is 5.02 Å². The van der Waals surface area contributed by atoms with Gasteiger partial charge in [0.2, 0.25) is 0 Å². The number of aromatic nitrogens is 1. The van der Waals surface area contributed by atoms with Gasteiger partial charge in [0.05, 0.1) is 30.3 Å². The smallest absolute Gasteiger partial charge is 0.408 e. The molecule has 2 N–H and O–H groups in total. The molecule has 2 aromatic rings. The van der Waals surface area contributed by atoms with Gasteiger partial charge in [-0.2, -0.15) is 0 Å². The number of benzene rings is 1. The monoisotopic (exact) mass is 519 g/mol. The van der Waals surface area contributed by atoms with Crippen LogP contribution in [-0.2, 0) is 16.0 Å². The number of halogens is 1. The molecule has 2 atom stereocenters. The second-order valence-corrected chi connectivity index (χ2v) is 11.3. The number of nitrogens with zero attached hydrogens (tertiary/aromatic N) is 1. The summed E-state index contributed by atoms with van der Waals surface area (Å²) in [5.74, 6) is 0.468. The van der Waals surface area contributed by atoms with Crippen LogP contribution in [0.15, 0.2) is 40.2 Å². The topological polar surface area (TPSA) is 98.7 Å². The molecule has 35 heavy (non-hydrogen) atoms. The molecule has 1 unspecified atom stereocenters. The van der Waals surface area contributed by atoms with Gasteiger partial charge in [-0.1, -0.05) is 23.7 Å². The molecule has 2 aliphatic heterocycles. The number of rotatable bonds is 6. The number of thioether (sulfide) groups is 1. The first-order valence-electron chi connectivity index (χ1n) is 11.6. The Hall–Kier alpha value is -2.49. The highest BCUT2D eigenvalue weighted by atomic mass is 35.5. The molecule has 188 valence electrons. The zero-order valence-electron chi connectivity index (χ0n) is 20.1. The van der Waals surface area contributed by atoms with Crippen LogP contribution in [-0.4, -0.2) is 47.7 Å². The molecule has 1 fully saturated rings. The first kappa shape index (κ1) is 25.6. The van der Waals surface area contributed by atoms with Crippen LogP contribution in [0.1, 0.15) is 54.7 Å². The van der Waals surface area contributed by atoms with Crippen molar-refractivity contribution in [2.24, 2.45) is 5.92 Å². The summed E-state index contributed by atoms with van der Waals surface area (Å²) >= 11 is 7.40. The van der Waals surface area contributed by atoms with E-state index in [2.05, 4.69) is 10.6 Å². The normalized spacial score (nSPS) is 19.3. The molecule has 0 saturated carbocycles. The van der Waals surface area contributed by atoms with Crippen molar-refractivity contribution in [1.29, 1.82) is 0 Å². The van der Waals surface area contributed by atoms with Gasteiger partial charge in [0.1, 0.15) is 5.60 Å². The van der Waals surface area contributed by atoms with Gasteiger partial charge in [0, 0.05) is 40.9 Å². The number of nitrogens with one attached hydrogen (secondary N) is 2. The highest BCUT2D eigenvalue weighted by Crippen LogP contribution is 2.38. The second-order valence-electron chi connectivity index (χ2n) is 9.79. The van der Waals surface area contributed by atoms with E-state index in [0.29, 0.717) is 46.6 Å². The number of fused-ring (bicyclic) bond motifs is 1. The van der Waals surface area contributed by atoms with E-state index in [1.165, 1.54) is 16.3 Å². The summed E-state index contributed by atoms with van der Waals surface area (Å²) in [4.78, 5) is 39.8. The predicted octanol–water partition coefficient (Wildman–Crippen LogP) is 3.99.